The minimum Gasteiger partial charge on any atom is -0.496 e. The van der Waals surface area contributed by atoms with Gasteiger partial charge >= 0.3 is 0 Å². The molecule has 0 spiro atoms. The molecule has 0 aliphatic carbocycles. The Hall–Kier alpha value is -0.630. The van der Waals surface area contributed by atoms with Crippen LogP contribution in [0.3, 0.4) is 0 Å². The lowest BCUT2D eigenvalue weighted by Gasteiger charge is -2.30. The maximum absolute atomic E-state index is 12.6. The summed E-state index contributed by atoms with van der Waals surface area (Å²) in [6.07, 6.45) is 1.61. The van der Waals surface area contributed by atoms with E-state index in [2.05, 4.69) is 15.9 Å². The lowest BCUT2D eigenvalue weighted by atomic mass is 10.1. The molecule has 0 saturated carbocycles. The fraction of sp³-hybridized carbons (Fsp3) is 0.538. The molecule has 1 aliphatic rings. The third kappa shape index (κ3) is 3.16. The zero-order valence-corrected chi connectivity index (χ0v) is 13.9. The Kier molecular flexibility index (Phi) is 5.06. The van der Waals surface area contributed by atoms with E-state index in [-0.39, 0.29) is 11.0 Å². The van der Waals surface area contributed by atoms with E-state index >= 15 is 0 Å². The Balaban J connectivity index is 2.20. The van der Waals surface area contributed by atoms with Crippen molar-refractivity contribution in [3.8, 4) is 5.75 Å². The zero-order chi connectivity index (χ0) is 14.8. The second-order valence-corrected chi connectivity index (χ2v) is 7.43. The molecule has 1 aromatic rings. The van der Waals surface area contributed by atoms with E-state index in [1.165, 1.54) is 4.31 Å². The van der Waals surface area contributed by atoms with Crippen LogP contribution in [0.1, 0.15) is 12.8 Å². The van der Waals surface area contributed by atoms with Gasteiger partial charge in [0, 0.05) is 20.2 Å². The van der Waals surface area contributed by atoms with E-state index in [1.807, 2.05) is 0 Å². The highest BCUT2D eigenvalue weighted by molar-refractivity contribution is 9.10. The zero-order valence-electron chi connectivity index (χ0n) is 11.5. The van der Waals surface area contributed by atoms with Crippen LogP contribution in [-0.4, -0.2) is 46.1 Å². The smallest absolute Gasteiger partial charge is 0.243 e. The van der Waals surface area contributed by atoms with Crippen molar-refractivity contribution in [2.45, 2.75) is 23.8 Å². The van der Waals surface area contributed by atoms with Crippen LogP contribution in [0, 0.1) is 0 Å². The molecule has 1 saturated heterocycles. The monoisotopic (exact) mass is 363 g/mol. The normalized spacial score (nSPS) is 18.1. The molecule has 0 N–H and O–H groups in total. The van der Waals surface area contributed by atoms with Gasteiger partial charge in [-0.15, -0.1) is 0 Å². The number of benzene rings is 1. The largest absolute Gasteiger partial charge is 0.496 e. The SMILES string of the molecule is COc1ccc(S(=O)(=O)N2CCC(OC)CC2)cc1Br. The van der Waals surface area contributed by atoms with Gasteiger partial charge in [-0.2, -0.15) is 4.31 Å². The molecule has 7 heteroatoms. The lowest BCUT2D eigenvalue weighted by molar-refractivity contribution is 0.0604. The minimum absolute atomic E-state index is 0.157. The molecular formula is C13H18BrNO4S. The van der Waals surface area contributed by atoms with E-state index in [1.54, 1.807) is 32.4 Å². The van der Waals surface area contributed by atoms with Gasteiger partial charge in [-0.05, 0) is 47.0 Å². The molecule has 5 nitrogen and oxygen atoms in total. The number of methoxy groups -OCH3 is 2. The third-order valence-corrected chi connectivity index (χ3v) is 6.01. The summed E-state index contributed by atoms with van der Waals surface area (Å²) in [6, 6.07) is 4.80. The van der Waals surface area contributed by atoms with Gasteiger partial charge in [0.2, 0.25) is 10.0 Å². The summed E-state index contributed by atoms with van der Waals surface area (Å²) < 4.78 is 37.6. The van der Waals surface area contributed by atoms with Crippen molar-refractivity contribution in [3.63, 3.8) is 0 Å². The van der Waals surface area contributed by atoms with Crippen molar-refractivity contribution in [1.82, 2.24) is 4.31 Å². The van der Waals surface area contributed by atoms with E-state index in [0.29, 0.717) is 23.3 Å². The fourth-order valence-electron chi connectivity index (χ4n) is 2.26. The van der Waals surface area contributed by atoms with E-state index in [9.17, 15) is 8.42 Å². The molecule has 1 heterocycles. The average Bonchev–Trinajstić information content (AvgIpc) is 2.47. The van der Waals surface area contributed by atoms with Gasteiger partial charge in [-0.3, -0.25) is 0 Å². The molecule has 0 atom stereocenters. The maximum Gasteiger partial charge on any atom is 0.243 e. The van der Waals surface area contributed by atoms with Crippen LogP contribution in [0.2, 0.25) is 0 Å². The Bertz CT molecular complexity index is 568. The number of ether oxygens (including phenoxy) is 2. The highest BCUT2D eigenvalue weighted by atomic mass is 79.9. The van der Waals surface area contributed by atoms with Gasteiger partial charge < -0.3 is 9.47 Å². The summed E-state index contributed by atoms with van der Waals surface area (Å²) in [5, 5.41) is 0. The summed E-state index contributed by atoms with van der Waals surface area (Å²) in [6.45, 7) is 0.981. The summed E-state index contributed by atoms with van der Waals surface area (Å²) in [4.78, 5) is 0.279. The Morgan fingerprint density at radius 1 is 1.25 bits per heavy atom. The molecule has 2 rings (SSSR count). The number of hydrogen-bond acceptors (Lipinski definition) is 4. The molecule has 1 aromatic carbocycles. The Labute approximate surface area is 128 Å². The quantitative estimate of drug-likeness (QED) is 0.823. The highest BCUT2D eigenvalue weighted by Crippen LogP contribution is 2.29. The second kappa shape index (κ2) is 6.43. The number of nitrogens with zero attached hydrogens (tertiary/aromatic N) is 1. The van der Waals surface area contributed by atoms with Crippen molar-refractivity contribution >= 4 is 26.0 Å². The maximum atomic E-state index is 12.6. The first-order valence-corrected chi connectivity index (χ1v) is 8.59. The van der Waals surface area contributed by atoms with Gasteiger partial charge in [0.1, 0.15) is 5.75 Å². The van der Waals surface area contributed by atoms with Crippen molar-refractivity contribution in [3.05, 3.63) is 22.7 Å². The second-order valence-electron chi connectivity index (χ2n) is 4.64. The van der Waals surface area contributed by atoms with Crippen LogP contribution in [0.5, 0.6) is 5.75 Å². The van der Waals surface area contributed by atoms with Crippen molar-refractivity contribution < 1.29 is 17.9 Å². The topological polar surface area (TPSA) is 55.8 Å². The molecule has 20 heavy (non-hydrogen) atoms. The first-order valence-electron chi connectivity index (χ1n) is 6.35. The third-order valence-electron chi connectivity index (χ3n) is 3.50. The van der Waals surface area contributed by atoms with Gasteiger partial charge in [0.25, 0.3) is 0 Å². The average molecular weight is 364 g/mol. The van der Waals surface area contributed by atoms with Gasteiger partial charge in [-0.1, -0.05) is 0 Å². The van der Waals surface area contributed by atoms with Crippen molar-refractivity contribution in [1.29, 1.82) is 0 Å². The minimum atomic E-state index is -3.45. The van der Waals surface area contributed by atoms with Crippen LogP contribution < -0.4 is 4.74 Å². The van der Waals surface area contributed by atoms with Gasteiger partial charge in [0.05, 0.1) is 22.6 Å². The molecule has 0 unspecified atom stereocenters. The fourth-order valence-corrected chi connectivity index (χ4v) is 4.45. The Morgan fingerprint density at radius 3 is 2.40 bits per heavy atom. The van der Waals surface area contributed by atoms with Crippen LogP contribution >= 0.6 is 15.9 Å². The summed E-state index contributed by atoms with van der Waals surface area (Å²) >= 11 is 3.32. The van der Waals surface area contributed by atoms with Crippen LogP contribution in [0.15, 0.2) is 27.6 Å². The molecule has 0 bridgehead atoms. The van der Waals surface area contributed by atoms with Crippen LogP contribution in [-0.2, 0) is 14.8 Å². The van der Waals surface area contributed by atoms with Crippen LogP contribution in [0.4, 0.5) is 0 Å². The predicted octanol–water partition coefficient (Wildman–Crippen LogP) is 2.26. The molecule has 0 amide bonds. The summed E-state index contributed by atoms with van der Waals surface area (Å²) in [5.74, 6) is 0.613. The van der Waals surface area contributed by atoms with Crippen molar-refractivity contribution in [2.24, 2.45) is 0 Å². The number of rotatable bonds is 4. The Morgan fingerprint density at radius 2 is 1.90 bits per heavy atom. The first kappa shape index (κ1) is 15.8. The van der Waals surface area contributed by atoms with Gasteiger partial charge in [-0.25, -0.2) is 8.42 Å². The molecular weight excluding hydrogens is 346 g/mol. The lowest BCUT2D eigenvalue weighted by Crippen LogP contribution is -2.40. The molecule has 0 aromatic heterocycles. The van der Waals surface area contributed by atoms with Crippen LogP contribution in [0.25, 0.3) is 0 Å². The summed E-state index contributed by atoms with van der Waals surface area (Å²) in [5.41, 5.74) is 0. The molecule has 0 radical (unpaired) electrons. The molecule has 112 valence electrons. The van der Waals surface area contributed by atoms with E-state index in [0.717, 1.165) is 12.8 Å². The predicted molar refractivity (Wildman–Crippen MR) is 79.5 cm³/mol. The number of halogens is 1. The number of piperidine rings is 1. The van der Waals surface area contributed by atoms with E-state index in [4.69, 9.17) is 9.47 Å². The highest BCUT2D eigenvalue weighted by Gasteiger charge is 2.29. The van der Waals surface area contributed by atoms with E-state index < -0.39 is 10.0 Å². The van der Waals surface area contributed by atoms with Crippen molar-refractivity contribution in [2.75, 3.05) is 27.3 Å². The number of sulfonamides is 1. The van der Waals surface area contributed by atoms with Gasteiger partial charge in [0.15, 0.2) is 0 Å². The first-order chi connectivity index (χ1) is 9.48. The molecule has 1 fully saturated rings. The molecule has 1 aliphatic heterocycles. The summed E-state index contributed by atoms with van der Waals surface area (Å²) in [7, 11) is -0.241. The number of hydrogen-bond donors (Lipinski definition) is 0. The standard InChI is InChI=1S/C13H18BrNO4S/c1-18-10-5-7-15(8-6-10)20(16,17)11-3-4-13(19-2)12(14)9-11/h3-4,9-10H,5-8H2,1-2H3.